The van der Waals surface area contributed by atoms with Gasteiger partial charge in [0, 0.05) is 0 Å². The number of allylic oxidation sites excluding steroid dienone is 1. The molecule has 3 heteroatoms. The molecule has 74 valence electrons. The fourth-order valence-electron chi connectivity index (χ4n) is 1.30. The quantitative estimate of drug-likeness (QED) is 0.341. The largest absolute Gasteiger partial charge is 1.00 e. The van der Waals surface area contributed by atoms with Crippen molar-refractivity contribution in [3.8, 4) is 0 Å². The third-order valence-electron chi connectivity index (χ3n) is 2.04. The summed E-state index contributed by atoms with van der Waals surface area (Å²) in [7, 11) is 0. The summed E-state index contributed by atoms with van der Waals surface area (Å²) in [5, 5.41) is 10.6. The van der Waals surface area contributed by atoms with Crippen LogP contribution in [0.15, 0.2) is 36.9 Å². The van der Waals surface area contributed by atoms with E-state index in [1.54, 1.807) is 18.2 Å². The van der Waals surface area contributed by atoms with Gasteiger partial charge in [-0.2, -0.15) is 0 Å². The maximum absolute atomic E-state index is 10.6. The molecule has 2 nitrogen and oxygen atoms in total. The number of hydrogen-bond donors (Lipinski definition) is 0. The number of aromatic carboxylic acids is 1. The van der Waals surface area contributed by atoms with Crippen LogP contribution in [0.4, 0.5) is 0 Å². The smallest absolute Gasteiger partial charge is 0.545 e. The van der Waals surface area contributed by atoms with Crippen LogP contribution in [0.1, 0.15) is 28.8 Å². The van der Waals surface area contributed by atoms with Gasteiger partial charge in [-0.15, -0.1) is 6.58 Å². The fourth-order valence-corrected chi connectivity index (χ4v) is 1.30. The Balaban J connectivity index is 0.00000196. The van der Waals surface area contributed by atoms with Gasteiger partial charge in [-0.25, -0.2) is 0 Å². The first-order valence-corrected chi connectivity index (χ1v) is 4.65. The van der Waals surface area contributed by atoms with Crippen LogP contribution in [0.5, 0.6) is 0 Å². The second-order valence-electron chi connectivity index (χ2n) is 3.17. The number of hydrogen-bond acceptors (Lipinski definition) is 2. The van der Waals surface area contributed by atoms with E-state index < -0.39 is 5.97 Å². The first-order valence-electron chi connectivity index (χ1n) is 4.65. The van der Waals surface area contributed by atoms with Crippen LogP contribution in [-0.4, -0.2) is 5.97 Å². The molecule has 0 N–H and O–H groups in total. The number of carboxylic acids is 1. The van der Waals surface area contributed by atoms with Gasteiger partial charge in [0.1, 0.15) is 0 Å². The van der Waals surface area contributed by atoms with E-state index in [1.165, 1.54) is 0 Å². The average Bonchev–Trinajstić information content (AvgIpc) is 2.19. The van der Waals surface area contributed by atoms with Crippen molar-refractivity contribution in [1.82, 2.24) is 0 Å². The number of unbranched alkanes of at least 4 members (excludes halogenated alkanes) is 1. The number of rotatable bonds is 5. The van der Waals surface area contributed by atoms with E-state index in [0.717, 1.165) is 24.8 Å². The minimum atomic E-state index is -1.12. The summed E-state index contributed by atoms with van der Waals surface area (Å²) < 4.78 is 0. The second-order valence-corrected chi connectivity index (χ2v) is 3.17. The molecule has 0 saturated heterocycles. The van der Waals surface area contributed by atoms with Gasteiger partial charge in [0.05, 0.1) is 5.97 Å². The molecule has 0 aliphatic heterocycles. The zero-order chi connectivity index (χ0) is 10.4. The van der Waals surface area contributed by atoms with Crippen molar-refractivity contribution in [1.29, 1.82) is 0 Å². The minimum Gasteiger partial charge on any atom is -0.545 e. The van der Waals surface area contributed by atoms with Crippen LogP contribution in [0.25, 0.3) is 0 Å². The Bertz CT molecular complexity index is 334. The SMILES string of the molecule is C=CCCCc1cccc(C(=O)[O-])c1.[Na+]. The third-order valence-corrected chi connectivity index (χ3v) is 2.04. The molecule has 0 atom stereocenters. The summed E-state index contributed by atoms with van der Waals surface area (Å²) in [5.74, 6) is -1.12. The van der Waals surface area contributed by atoms with Gasteiger partial charge in [-0.1, -0.05) is 24.3 Å². The van der Waals surface area contributed by atoms with Crippen molar-refractivity contribution in [2.75, 3.05) is 0 Å². The normalized spacial score (nSPS) is 9.07. The summed E-state index contributed by atoms with van der Waals surface area (Å²) >= 11 is 0. The molecule has 1 rings (SSSR count). The standard InChI is InChI=1S/C12H14O2.Na/c1-2-3-4-6-10-7-5-8-11(9-10)12(13)14;/h2,5,7-9H,1,3-4,6H2,(H,13,14);/q;+1/p-1. The molecule has 0 unspecified atom stereocenters. The van der Waals surface area contributed by atoms with Crippen molar-refractivity contribution in [3.05, 3.63) is 48.0 Å². The number of benzene rings is 1. The van der Waals surface area contributed by atoms with E-state index in [4.69, 9.17) is 0 Å². The van der Waals surface area contributed by atoms with Gasteiger partial charge in [0.25, 0.3) is 0 Å². The van der Waals surface area contributed by atoms with E-state index in [-0.39, 0.29) is 35.1 Å². The van der Waals surface area contributed by atoms with Gasteiger partial charge >= 0.3 is 29.6 Å². The predicted octanol–water partition coefficient (Wildman–Crippen LogP) is -1.44. The maximum Gasteiger partial charge on any atom is 1.00 e. The van der Waals surface area contributed by atoms with Gasteiger partial charge in [-0.3, -0.25) is 0 Å². The van der Waals surface area contributed by atoms with Crippen LogP contribution < -0.4 is 34.7 Å². The van der Waals surface area contributed by atoms with Gasteiger partial charge < -0.3 is 9.90 Å². The van der Waals surface area contributed by atoms with E-state index in [2.05, 4.69) is 6.58 Å². The van der Waals surface area contributed by atoms with Crippen molar-refractivity contribution in [2.45, 2.75) is 19.3 Å². The first kappa shape index (κ1) is 14.4. The number of carbonyl (C=O) groups excluding carboxylic acids is 1. The minimum absolute atomic E-state index is 0. The molecule has 0 spiro atoms. The van der Waals surface area contributed by atoms with Crippen molar-refractivity contribution >= 4 is 5.97 Å². The molecule has 0 aliphatic rings. The first-order chi connectivity index (χ1) is 6.74. The monoisotopic (exact) mass is 212 g/mol. The molecule has 0 aromatic heterocycles. The van der Waals surface area contributed by atoms with Gasteiger partial charge in [0.15, 0.2) is 0 Å². The Morgan fingerprint density at radius 3 is 2.80 bits per heavy atom. The number of carbonyl (C=O) groups is 1. The van der Waals surface area contributed by atoms with E-state index in [9.17, 15) is 9.90 Å². The Hall–Kier alpha value is -0.570. The number of carboxylic acid groups (broad SMARTS) is 1. The van der Waals surface area contributed by atoms with Crippen LogP contribution in [-0.2, 0) is 6.42 Å². The topological polar surface area (TPSA) is 40.1 Å². The molecule has 1 aromatic rings. The van der Waals surface area contributed by atoms with Crippen molar-refractivity contribution in [2.24, 2.45) is 0 Å². The third kappa shape index (κ3) is 5.17. The Morgan fingerprint density at radius 2 is 2.20 bits per heavy atom. The van der Waals surface area contributed by atoms with Crippen molar-refractivity contribution in [3.63, 3.8) is 0 Å². The van der Waals surface area contributed by atoms with Crippen LogP contribution in [0.3, 0.4) is 0 Å². The molecular formula is C12H13NaO2. The zero-order valence-electron chi connectivity index (χ0n) is 9.03. The molecule has 0 bridgehead atoms. The molecular weight excluding hydrogens is 199 g/mol. The Kier molecular flexibility index (Phi) is 7.39. The second kappa shape index (κ2) is 7.69. The summed E-state index contributed by atoms with van der Waals surface area (Å²) in [6.07, 6.45) is 4.70. The van der Waals surface area contributed by atoms with Gasteiger partial charge in [-0.05, 0) is 36.5 Å². The average molecular weight is 212 g/mol. The summed E-state index contributed by atoms with van der Waals surface area (Å²) in [6, 6.07) is 6.88. The van der Waals surface area contributed by atoms with Crippen molar-refractivity contribution < 1.29 is 39.5 Å². The Labute approximate surface area is 112 Å². The molecule has 15 heavy (non-hydrogen) atoms. The van der Waals surface area contributed by atoms with Gasteiger partial charge in [0.2, 0.25) is 0 Å². The summed E-state index contributed by atoms with van der Waals surface area (Å²) in [4.78, 5) is 10.6. The molecule has 1 aromatic carbocycles. The summed E-state index contributed by atoms with van der Waals surface area (Å²) in [5.41, 5.74) is 1.29. The van der Waals surface area contributed by atoms with E-state index >= 15 is 0 Å². The van der Waals surface area contributed by atoms with Crippen LogP contribution in [0, 0.1) is 0 Å². The van der Waals surface area contributed by atoms with Crippen LogP contribution >= 0.6 is 0 Å². The number of aryl methyl sites for hydroxylation is 1. The van der Waals surface area contributed by atoms with Crippen LogP contribution in [0.2, 0.25) is 0 Å². The predicted molar refractivity (Wildman–Crippen MR) is 53.9 cm³/mol. The zero-order valence-corrected chi connectivity index (χ0v) is 11.0. The molecule has 0 fully saturated rings. The molecule has 0 amide bonds. The molecule has 0 heterocycles. The molecule has 0 aliphatic carbocycles. The van der Waals surface area contributed by atoms with E-state index in [0.29, 0.717) is 0 Å². The maximum atomic E-state index is 10.6. The van der Waals surface area contributed by atoms with E-state index in [1.807, 2.05) is 12.1 Å². The fraction of sp³-hybridized carbons (Fsp3) is 0.250. The summed E-state index contributed by atoms with van der Waals surface area (Å²) in [6.45, 7) is 3.63. The Morgan fingerprint density at radius 1 is 1.47 bits per heavy atom. The molecule has 0 radical (unpaired) electrons. The molecule has 0 saturated carbocycles.